The summed E-state index contributed by atoms with van der Waals surface area (Å²) in [7, 11) is 1.57. The van der Waals surface area contributed by atoms with Crippen LogP contribution in [0.1, 0.15) is 22.8 Å². The summed E-state index contributed by atoms with van der Waals surface area (Å²) in [5.41, 5.74) is 6.12. The van der Waals surface area contributed by atoms with Crippen LogP contribution in [0.15, 0.2) is 42.5 Å². The molecule has 5 N–H and O–H groups in total. The van der Waals surface area contributed by atoms with E-state index in [2.05, 4.69) is 0 Å². The summed E-state index contributed by atoms with van der Waals surface area (Å²) in [6.45, 7) is 1.55. The van der Waals surface area contributed by atoms with Crippen molar-refractivity contribution in [1.29, 1.82) is 5.41 Å². The number of nitrogens with one attached hydrogen (secondary N) is 1. The third-order valence-corrected chi connectivity index (χ3v) is 2.79. The van der Waals surface area contributed by atoms with Crippen LogP contribution in [0.4, 0.5) is 0 Å². The zero-order valence-corrected chi connectivity index (χ0v) is 12.3. The van der Waals surface area contributed by atoms with Crippen LogP contribution < -0.4 is 10.5 Å². The first-order chi connectivity index (χ1) is 10.4. The third kappa shape index (κ3) is 4.52. The van der Waals surface area contributed by atoms with Gasteiger partial charge in [-0.2, -0.15) is 0 Å². The Balaban J connectivity index is 0.000000220. The quantitative estimate of drug-likeness (QED) is 0.514. The number of carbonyl (C=O) groups excluding carboxylic acids is 1. The molecule has 0 saturated carbocycles. The molecule has 6 nitrogen and oxygen atoms in total. The molecule has 0 spiro atoms. The molecule has 0 aliphatic heterocycles. The van der Waals surface area contributed by atoms with Crippen molar-refractivity contribution in [2.75, 3.05) is 7.11 Å². The van der Waals surface area contributed by atoms with Gasteiger partial charge >= 0.3 is 0 Å². The third-order valence-electron chi connectivity index (χ3n) is 2.79. The smallest absolute Gasteiger partial charge is 0.248 e. The van der Waals surface area contributed by atoms with E-state index in [1.54, 1.807) is 50.4 Å². The molecule has 1 amide bonds. The second-order valence-electron chi connectivity index (χ2n) is 4.39. The number of benzene rings is 2. The minimum Gasteiger partial charge on any atom is -0.504 e. The fraction of sp³-hybridized carbons (Fsp3) is 0.125. The maximum absolute atomic E-state index is 10.6. The number of carbonyl (C=O) groups is 1. The average Bonchev–Trinajstić information content (AvgIpc) is 2.50. The Bertz CT molecular complexity index is 666. The molecular formula is C16H18N2O4. The molecule has 0 fully saturated rings. The van der Waals surface area contributed by atoms with Crippen molar-refractivity contribution < 1.29 is 19.7 Å². The van der Waals surface area contributed by atoms with E-state index in [9.17, 15) is 9.90 Å². The number of phenolic OH excluding ortho intramolecular Hbond substituents is 2. The summed E-state index contributed by atoms with van der Waals surface area (Å²) in [5, 5.41) is 25.4. The highest BCUT2D eigenvalue weighted by atomic mass is 16.5. The molecule has 116 valence electrons. The lowest BCUT2D eigenvalue weighted by Gasteiger charge is -2.02. The van der Waals surface area contributed by atoms with Gasteiger partial charge in [0, 0.05) is 16.8 Å². The molecular weight excluding hydrogens is 284 g/mol. The Hall–Kier alpha value is -3.02. The summed E-state index contributed by atoms with van der Waals surface area (Å²) < 4.78 is 4.90. The van der Waals surface area contributed by atoms with Gasteiger partial charge in [-0.15, -0.1) is 0 Å². The van der Waals surface area contributed by atoms with Crippen molar-refractivity contribution in [3.05, 3.63) is 53.6 Å². The van der Waals surface area contributed by atoms with Crippen molar-refractivity contribution >= 4 is 11.6 Å². The van der Waals surface area contributed by atoms with Gasteiger partial charge in [-0.1, -0.05) is 6.07 Å². The van der Waals surface area contributed by atoms with Crippen molar-refractivity contribution in [3.8, 4) is 17.2 Å². The molecule has 0 aromatic heterocycles. The summed E-state index contributed by atoms with van der Waals surface area (Å²) in [4.78, 5) is 10.6. The average molecular weight is 302 g/mol. The number of para-hydroxylation sites is 1. The Morgan fingerprint density at radius 2 is 1.73 bits per heavy atom. The monoisotopic (exact) mass is 302 g/mol. The van der Waals surface area contributed by atoms with E-state index < -0.39 is 5.91 Å². The summed E-state index contributed by atoms with van der Waals surface area (Å²) in [5.74, 6) is -0.114. The molecule has 2 aromatic carbocycles. The molecule has 22 heavy (non-hydrogen) atoms. The number of phenols is 2. The van der Waals surface area contributed by atoms with Crippen LogP contribution in [0.2, 0.25) is 0 Å². The maximum Gasteiger partial charge on any atom is 0.248 e. The molecule has 0 heterocycles. The summed E-state index contributed by atoms with van der Waals surface area (Å²) in [6, 6.07) is 11.2. The first-order valence-corrected chi connectivity index (χ1v) is 6.37. The van der Waals surface area contributed by atoms with Crippen LogP contribution >= 0.6 is 0 Å². The largest absolute Gasteiger partial charge is 0.504 e. The Kier molecular flexibility index (Phi) is 5.95. The SMILES string of the molecule is CC(=N)c1cccc(O)c1O.COc1ccc(C(N)=O)cc1. The second-order valence-corrected chi connectivity index (χ2v) is 4.39. The molecule has 0 bridgehead atoms. The molecule has 0 aliphatic rings. The number of methoxy groups -OCH3 is 1. The molecule has 2 rings (SSSR count). The number of nitrogens with two attached hydrogens (primary N) is 1. The normalized spacial score (nSPS) is 9.36. The van der Waals surface area contributed by atoms with Gasteiger partial charge in [-0.25, -0.2) is 0 Å². The van der Waals surface area contributed by atoms with Crippen LogP contribution in [-0.2, 0) is 0 Å². The molecule has 6 heteroatoms. The zero-order valence-electron chi connectivity index (χ0n) is 12.3. The number of aromatic hydroxyl groups is 2. The van der Waals surface area contributed by atoms with Crippen LogP contribution in [0.25, 0.3) is 0 Å². The standard InChI is InChI=1S/2C8H9NO2/c1-11-7-4-2-6(3-5-7)8(9)10;1-5(9)6-3-2-4-7(10)8(6)11/h2-5H,1H3,(H2,9,10);2-4,9-11H,1H3. The molecule has 2 aromatic rings. The number of ether oxygens (including phenoxy) is 1. The van der Waals surface area contributed by atoms with Crippen molar-refractivity contribution in [2.45, 2.75) is 6.92 Å². The van der Waals surface area contributed by atoms with Gasteiger partial charge in [0.1, 0.15) is 5.75 Å². The molecule has 0 radical (unpaired) electrons. The Morgan fingerprint density at radius 3 is 2.14 bits per heavy atom. The molecule has 0 saturated heterocycles. The number of hydrogen-bond donors (Lipinski definition) is 4. The predicted molar refractivity (Wildman–Crippen MR) is 83.8 cm³/mol. The van der Waals surface area contributed by atoms with Crippen LogP contribution in [-0.4, -0.2) is 28.9 Å². The minimum atomic E-state index is -0.423. The van der Waals surface area contributed by atoms with Gasteiger partial charge in [-0.05, 0) is 43.3 Å². The lowest BCUT2D eigenvalue weighted by molar-refractivity contribution is 0.100. The lowest BCUT2D eigenvalue weighted by Crippen LogP contribution is -2.10. The van der Waals surface area contributed by atoms with Crippen LogP contribution in [0.3, 0.4) is 0 Å². The van der Waals surface area contributed by atoms with Crippen molar-refractivity contribution in [2.24, 2.45) is 5.73 Å². The highest BCUT2D eigenvalue weighted by Crippen LogP contribution is 2.28. The van der Waals surface area contributed by atoms with Gasteiger partial charge in [-0.3, -0.25) is 4.79 Å². The van der Waals surface area contributed by atoms with Gasteiger partial charge in [0.2, 0.25) is 5.91 Å². The van der Waals surface area contributed by atoms with E-state index in [4.69, 9.17) is 21.0 Å². The topological polar surface area (TPSA) is 117 Å². The van der Waals surface area contributed by atoms with Crippen molar-refractivity contribution in [1.82, 2.24) is 0 Å². The predicted octanol–water partition coefficient (Wildman–Crippen LogP) is 2.28. The zero-order chi connectivity index (χ0) is 16.7. The highest BCUT2D eigenvalue weighted by Gasteiger charge is 2.05. The van der Waals surface area contributed by atoms with Crippen LogP contribution in [0, 0.1) is 5.41 Å². The number of amides is 1. The number of primary amides is 1. The lowest BCUT2D eigenvalue weighted by atomic mass is 10.1. The van der Waals surface area contributed by atoms with Gasteiger partial charge in [0.15, 0.2) is 11.5 Å². The number of rotatable bonds is 3. The first-order valence-electron chi connectivity index (χ1n) is 6.37. The fourth-order valence-corrected chi connectivity index (χ4v) is 1.59. The Labute approximate surface area is 128 Å². The molecule has 0 atom stereocenters. The van der Waals surface area contributed by atoms with Crippen LogP contribution in [0.5, 0.6) is 17.2 Å². The first kappa shape index (κ1) is 17.0. The fourth-order valence-electron chi connectivity index (χ4n) is 1.59. The second kappa shape index (κ2) is 7.68. The van der Waals surface area contributed by atoms with E-state index >= 15 is 0 Å². The van der Waals surface area contributed by atoms with E-state index in [-0.39, 0.29) is 17.2 Å². The van der Waals surface area contributed by atoms with Gasteiger partial charge in [0.05, 0.1) is 7.11 Å². The molecule has 0 aliphatic carbocycles. The highest BCUT2D eigenvalue weighted by molar-refractivity contribution is 5.99. The summed E-state index contributed by atoms with van der Waals surface area (Å²) >= 11 is 0. The molecule has 0 unspecified atom stereocenters. The van der Waals surface area contributed by atoms with Gasteiger partial charge in [0.25, 0.3) is 0 Å². The van der Waals surface area contributed by atoms with E-state index in [0.717, 1.165) is 5.75 Å². The summed E-state index contributed by atoms with van der Waals surface area (Å²) in [6.07, 6.45) is 0. The van der Waals surface area contributed by atoms with Gasteiger partial charge < -0.3 is 26.1 Å². The number of hydrogen-bond acceptors (Lipinski definition) is 5. The Morgan fingerprint density at radius 1 is 1.14 bits per heavy atom. The van der Waals surface area contributed by atoms with E-state index in [1.165, 1.54) is 6.07 Å². The minimum absolute atomic E-state index is 0.186. The van der Waals surface area contributed by atoms with E-state index in [1.807, 2.05) is 0 Å². The van der Waals surface area contributed by atoms with Crippen molar-refractivity contribution in [3.63, 3.8) is 0 Å². The van der Waals surface area contributed by atoms with E-state index in [0.29, 0.717) is 11.1 Å². The maximum atomic E-state index is 10.6.